The minimum atomic E-state index is -4.02. The number of amides is 1. The summed E-state index contributed by atoms with van der Waals surface area (Å²) in [5, 5.41) is 3.94. The first-order valence-corrected chi connectivity index (χ1v) is 12.0. The zero-order valence-electron chi connectivity index (χ0n) is 19.0. The molecule has 3 aromatic rings. The molecule has 0 radical (unpaired) electrons. The fraction of sp³-hybridized carbons (Fsp3) is 0.200. The molecule has 0 aliphatic rings. The van der Waals surface area contributed by atoms with Gasteiger partial charge in [0, 0.05) is 12.6 Å². The maximum absolute atomic E-state index is 13.5. The lowest BCUT2D eigenvalue weighted by atomic mass is 10.1. The van der Waals surface area contributed by atoms with Gasteiger partial charge in [-0.3, -0.25) is 4.79 Å². The molecular formula is C25H27N3O5S. The molecule has 34 heavy (non-hydrogen) atoms. The van der Waals surface area contributed by atoms with Gasteiger partial charge in [-0.25, -0.2) is 13.8 Å². The van der Waals surface area contributed by atoms with E-state index in [0.29, 0.717) is 12.2 Å². The second kappa shape index (κ2) is 12.0. The molecular weight excluding hydrogens is 454 g/mol. The maximum atomic E-state index is 13.5. The van der Waals surface area contributed by atoms with E-state index >= 15 is 0 Å². The van der Waals surface area contributed by atoms with Gasteiger partial charge in [-0.1, -0.05) is 60.7 Å². The third-order valence-electron chi connectivity index (χ3n) is 5.01. The van der Waals surface area contributed by atoms with Crippen molar-refractivity contribution in [2.45, 2.75) is 11.3 Å². The molecule has 0 spiro atoms. The summed E-state index contributed by atoms with van der Waals surface area (Å²) in [5.74, 6) is 0.137. The van der Waals surface area contributed by atoms with Crippen molar-refractivity contribution in [1.29, 1.82) is 0 Å². The first-order chi connectivity index (χ1) is 16.4. The molecule has 0 aromatic heterocycles. The van der Waals surface area contributed by atoms with Gasteiger partial charge >= 0.3 is 0 Å². The number of carbonyl (C=O) groups is 1. The van der Waals surface area contributed by atoms with Gasteiger partial charge in [0.05, 0.1) is 31.9 Å². The van der Waals surface area contributed by atoms with E-state index in [1.165, 1.54) is 38.6 Å². The summed E-state index contributed by atoms with van der Waals surface area (Å²) in [6.07, 6.45) is 1.93. The Morgan fingerprint density at radius 2 is 1.59 bits per heavy atom. The van der Waals surface area contributed by atoms with Crippen molar-refractivity contribution in [1.82, 2.24) is 9.73 Å². The lowest BCUT2D eigenvalue weighted by Gasteiger charge is -2.22. The highest BCUT2D eigenvalue weighted by molar-refractivity contribution is 7.89. The Kier molecular flexibility index (Phi) is 8.78. The number of hydrazone groups is 1. The van der Waals surface area contributed by atoms with Crippen LogP contribution in [0.15, 0.2) is 88.9 Å². The SMILES string of the molecule is COc1ccc(S(=O)(=O)N(CCc2ccccc2)CC(=O)N/N=C\c2ccccc2)cc1OC. The first kappa shape index (κ1) is 24.9. The van der Waals surface area contributed by atoms with Gasteiger partial charge < -0.3 is 9.47 Å². The first-order valence-electron chi connectivity index (χ1n) is 10.6. The Morgan fingerprint density at radius 3 is 2.24 bits per heavy atom. The molecule has 9 heteroatoms. The molecule has 3 aromatic carbocycles. The van der Waals surface area contributed by atoms with E-state index in [4.69, 9.17) is 9.47 Å². The normalized spacial score (nSPS) is 11.5. The minimum Gasteiger partial charge on any atom is -0.493 e. The molecule has 178 valence electrons. The molecule has 3 rings (SSSR count). The standard InChI is InChI=1S/C25H27N3O5S/c1-32-23-14-13-22(17-24(23)33-2)34(30,31)28(16-15-20-9-5-3-6-10-20)19-25(29)27-26-18-21-11-7-4-8-12-21/h3-14,17-18H,15-16,19H2,1-2H3,(H,27,29)/b26-18-. The zero-order valence-corrected chi connectivity index (χ0v) is 19.9. The fourth-order valence-corrected chi connectivity index (χ4v) is 4.64. The van der Waals surface area contributed by atoms with E-state index < -0.39 is 22.5 Å². The monoisotopic (exact) mass is 481 g/mol. The van der Waals surface area contributed by atoms with E-state index in [0.717, 1.165) is 15.4 Å². The van der Waals surface area contributed by atoms with E-state index in [1.807, 2.05) is 60.7 Å². The number of rotatable bonds is 11. The Morgan fingerprint density at radius 1 is 0.941 bits per heavy atom. The van der Waals surface area contributed by atoms with Crippen LogP contribution in [0.4, 0.5) is 0 Å². The van der Waals surface area contributed by atoms with E-state index in [2.05, 4.69) is 10.5 Å². The molecule has 0 heterocycles. The molecule has 0 saturated carbocycles. The predicted molar refractivity (Wildman–Crippen MR) is 131 cm³/mol. The molecule has 1 amide bonds. The summed E-state index contributed by atoms with van der Waals surface area (Å²) in [5.41, 5.74) is 4.17. The van der Waals surface area contributed by atoms with Crippen LogP contribution in [0.3, 0.4) is 0 Å². The van der Waals surface area contributed by atoms with Crippen molar-refractivity contribution in [3.05, 3.63) is 90.0 Å². The number of carbonyl (C=O) groups excluding carboxylic acids is 1. The Hall–Kier alpha value is -3.69. The highest BCUT2D eigenvalue weighted by Gasteiger charge is 2.27. The van der Waals surface area contributed by atoms with Crippen LogP contribution in [-0.2, 0) is 21.2 Å². The van der Waals surface area contributed by atoms with Crippen LogP contribution in [-0.4, -0.2) is 52.2 Å². The number of nitrogens with one attached hydrogen (secondary N) is 1. The molecule has 0 aliphatic heterocycles. The molecule has 0 unspecified atom stereocenters. The van der Waals surface area contributed by atoms with Crippen molar-refractivity contribution in [2.24, 2.45) is 5.10 Å². The van der Waals surface area contributed by atoms with Gasteiger partial charge in [-0.15, -0.1) is 0 Å². The van der Waals surface area contributed by atoms with Crippen LogP contribution in [0.25, 0.3) is 0 Å². The van der Waals surface area contributed by atoms with Crippen LogP contribution in [0.5, 0.6) is 11.5 Å². The molecule has 1 N–H and O–H groups in total. The van der Waals surface area contributed by atoms with E-state index in [9.17, 15) is 13.2 Å². The maximum Gasteiger partial charge on any atom is 0.255 e. The quantitative estimate of drug-likeness (QED) is 0.335. The number of benzene rings is 3. The highest BCUT2D eigenvalue weighted by atomic mass is 32.2. The summed E-state index contributed by atoms with van der Waals surface area (Å²) < 4.78 is 38.5. The predicted octanol–water partition coefficient (Wildman–Crippen LogP) is 3.09. The van der Waals surface area contributed by atoms with E-state index in [1.54, 1.807) is 0 Å². The Labute approximate surface area is 199 Å². The number of hydrogen-bond acceptors (Lipinski definition) is 6. The lowest BCUT2D eigenvalue weighted by Crippen LogP contribution is -2.40. The smallest absolute Gasteiger partial charge is 0.255 e. The van der Waals surface area contributed by atoms with Crippen molar-refractivity contribution < 1.29 is 22.7 Å². The molecule has 0 saturated heterocycles. The van der Waals surface area contributed by atoms with Gasteiger partial charge in [-0.05, 0) is 29.7 Å². The average molecular weight is 482 g/mol. The second-order valence-electron chi connectivity index (χ2n) is 7.29. The number of ether oxygens (including phenoxy) is 2. The van der Waals surface area contributed by atoms with Gasteiger partial charge in [0.15, 0.2) is 11.5 Å². The van der Waals surface area contributed by atoms with Crippen molar-refractivity contribution in [3.63, 3.8) is 0 Å². The number of methoxy groups -OCH3 is 2. The highest BCUT2D eigenvalue weighted by Crippen LogP contribution is 2.30. The third-order valence-corrected chi connectivity index (χ3v) is 6.85. The average Bonchev–Trinajstić information content (AvgIpc) is 2.87. The minimum absolute atomic E-state index is 0.00111. The molecule has 0 atom stereocenters. The summed E-state index contributed by atoms with van der Waals surface area (Å²) in [6.45, 7) is -0.286. The topological polar surface area (TPSA) is 97.3 Å². The molecule has 0 bridgehead atoms. The lowest BCUT2D eigenvalue weighted by molar-refractivity contribution is -0.121. The molecule has 0 aliphatic carbocycles. The van der Waals surface area contributed by atoms with Gasteiger partial charge in [0.2, 0.25) is 10.0 Å². The third kappa shape index (κ3) is 6.66. The number of sulfonamides is 1. The summed E-state index contributed by atoms with van der Waals surface area (Å²) >= 11 is 0. The molecule has 8 nitrogen and oxygen atoms in total. The second-order valence-corrected chi connectivity index (χ2v) is 9.23. The summed E-state index contributed by atoms with van der Waals surface area (Å²) in [6, 6.07) is 23.1. The van der Waals surface area contributed by atoms with Crippen LogP contribution >= 0.6 is 0 Å². The van der Waals surface area contributed by atoms with Gasteiger partial charge in [-0.2, -0.15) is 9.41 Å². The van der Waals surface area contributed by atoms with E-state index in [-0.39, 0.29) is 17.2 Å². The Balaban J connectivity index is 1.80. The largest absolute Gasteiger partial charge is 0.493 e. The van der Waals surface area contributed by atoms with Crippen molar-refractivity contribution in [3.8, 4) is 11.5 Å². The molecule has 0 fully saturated rings. The van der Waals surface area contributed by atoms with Crippen LogP contribution in [0.1, 0.15) is 11.1 Å². The number of nitrogens with zero attached hydrogens (tertiary/aromatic N) is 2. The summed E-state index contributed by atoms with van der Waals surface area (Å²) in [4.78, 5) is 12.6. The van der Waals surface area contributed by atoms with Crippen molar-refractivity contribution in [2.75, 3.05) is 27.3 Å². The fourth-order valence-electron chi connectivity index (χ4n) is 3.22. The van der Waals surface area contributed by atoms with Gasteiger partial charge in [0.1, 0.15) is 0 Å². The number of hydrogen-bond donors (Lipinski definition) is 1. The van der Waals surface area contributed by atoms with Crippen LogP contribution in [0.2, 0.25) is 0 Å². The van der Waals surface area contributed by atoms with Gasteiger partial charge in [0.25, 0.3) is 5.91 Å². The van der Waals surface area contributed by atoms with Crippen LogP contribution < -0.4 is 14.9 Å². The Bertz CT molecular complexity index is 1220. The van der Waals surface area contributed by atoms with Crippen molar-refractivity contribution >= 4 is 22.1 Å². The van der Waals surface area contributed by atoms with Crippen LogP contribution in [0, 0.1) is 0 Å². The summed E-state index contributed by atoms with van der Waals surface area (Å²) in [7, 11) is -1.12. The zero-order chi connectivity index (χ0) is 24.4.